The Balaban J connectivity index is 1.74. The van der Waals surface area contributed by atoms with Gasteiger partial charge in [0.1, 0.15) is 0 Å². The van der Waals surface area contributed by atoms with Gasteiger partial charge in [0.25, 0.3) is 11.8 Å². The number of halogens is 2. The Labute approximate surface area is 191 Å². The first-order valence-corrected chi connectivity index (χ1v) is 10.7. The van der Waals surface area contributed by atoms with Crippen LogP contribution < -0.4 is 10.1 Å². The third-order valence-electron chi connectivity index (χ3n) is 5.35. The van der Waals surface area contributed by atoms with Crippen molar-refractivity contribution in [3.05, 3.63) is 52.5 Å². The van der Waals surface area contributed by atoms with Gasteiger partial charge in [-0.05, 0) is 38.5 Å². The number of nitrogens with zero attached hydrogens (tertiary/aromatic N) is 3. The van der Waals surface area contributed by atoms with Crippen LogP contribution in [0, 0.1) is 6.92 Å². The van der Waals surface area contributed by atoms with E-state index in [-0.39, 0.29) is 43.2 Å². The molecular formula is C23H28F2N4O4. The second kappa shape index (κ2) is 9.78. The van der Waals surface area contributed by atoms with Crippen molar-refractivity contribution in [3.63, 3.8) is 0 Å². The quantitative estimate of drug-likeness (QED) is 0.594. The van der Waals surface area contributed by atoms with Gasteiger partial charge in [-0.2, -0.15) is 0 Å². The Morgan fingerprint density at radius 2 is 2.09 bits per heavy atom. The van der Waals surface area contributed by atoms with Gasteiger partial charge in [-0.3, -0.25) is 14.6 Å². The largest absolute Gasteiger partial charge is 0.471 e. The number of aliphatic hydroxyl groups is 1. The van der Waals surface area contributed by atoms with Gasteiger partial charge in [0.15, 0.2) is 6.61 Å². The number of hydrogen-bond acceptors (Lipinski definition) is 6. The maximum Gasteiger partial charge on any atom is 0.278 e. The van der Waals surface area contributed by atoms with Gasteiger partial charge in [0.2, 0.25) is 11.8 Å². The molecule has 0 saturated heterocycles. The highest BCUT2D eigenvalue weighted by molar-refractivity contribution is 5.99. The van der Waals surface area contributed by atoms with Crippen molar-refractivity contribution in [3.8, 4) is 5.88 Å². The van der Waals surface area contributed by atoms with Crippen molar-refractivity contribution in [2.75, 3.05) is 13.2 Å². The highest BCUT2D eigenvalue weighted by Gasteiger charge is 2.34. The number of fused-ring (bicyclic) bond motifs is 1. The maximum absolute atomic E-state index is 13.1. The Bertz CT molecular complexity index is 1040. The molecule has 2 N–H and O–H groups in total. The number of alkyl halides is 2. The number of aromatic nitrogens is 2. The molecule has 10 heteroatoms. The third-order valence-corrected chi connectivity index (χ3v) is 5.35. The van der Waals surface area contributed by atoms with E-state index in [1.54, 1.807) is 30.9 Å². The molecule has 0 radical (unpaired) electrons. The van der Waals surface area contributed by atoms with E-state index in [4.69, 9.17) is 4.74 Å². The summed E-state index contributed by atoms with van der Waals surface area (Å²) >= 11 is 0. The van der Waals surface area contributed by atoms with Gasteiger partial charge >= 0.3 is 0 Å². The van der Waals surface area contributed by atoms with E-state index in [1.807, 2.05) is 6.92 Å². The van der Waals surface area contributed by atoms with Gasteiger partial charge < -0.3 is 20.1 Å². The molecule has 178 valence electrons. The first kappa shape index (κ1) is 24.5. The molecule has 0 spiro atoms. The van der Waals surface area contributed by atoms with Gasteiger partial charge in [0, 0.05) is 49.1 Å². The second-order valence-electron chi connectivity index (χ2n) is 8.47. The minimum Gasteiger partial charge on any atom is -0.471 e. The number of carbonyl (C=O) groups excluding carboxylic acids is 2. The van der Waals surface area contributed by atoms with Crippen molar-refractivity contribution in [2.24, 2.45) is 0 Å². The van der Waals surface area contributed by atoms with E-state index in [0.717, 1.165) is 12.5 Å². The number of hydrogen-bond donors (Lipinski definition) is 2. The van der Waals surface area contributed by atoms with E-state index in [1.165, 1.54) is 12.4 Å². The van der Waals surface area contributed by atoms with Crippen molar-refractivity contribution >= 4 is 11.8 Å². The molecule has 33 heavy (non-hydrogen) atoms. The molecule has 2 aromatic heterocycles. The summed E-state index contributed by atoms with van der Waals surface area (Å²) in [4.78, 5) is 35.4. The van der Waals surface area contributed by atoms with Crippen LogP contribution in [0.3, 0.4) is 0 Å². The van der Waals surface area contributed by atoms with Crippen molar-refractivity contribution in [1.82, 2.24) is 20.2 Å². The molecular weight excluding hydrogens is 434 g/mol. The number of amides is 2. The zero-order valence-corrected chi connectivity index (χ0v) is 19.1. The van der Waals surface area contributed by atoms with Crippen LogP contribution >= 0.6 is 0 Å². The number of aryl methyl sites for hydroxylation is 1. The summed E-state index contributed by atoms with van der Waals surface area (Å²) in [5.74, 6) is -3.32. The molecule has 0 bridgehead atoms. The van der Waals surface area contributed by atoms with Crippen LogP contribution in [0.25, 0.3) is 0 Å². The fraction of sp³-hybridized carbons (Fsp3) is 0.478. The lowest BCUT2D eigenvalue weighted by Gasteiger charge is -2.25. The number of nitrogens with one attached hydrogen (secondary N) is 1. The molecule has 1 aliphatic heterocycles. The predicted molar refractivity (Wildman–Crippen MR) is 116 cm³/mol. The van der Waals surface area contributed by atoms with Gasteiger partial charge in [-0.1, -0.05) is 0 Å². The SMILES string of the molecule is Cc1cc(C(C)N2Cc3c(ccnc3CC(=O)NC[C@@H](C)O)C2=O)cnc1OCC(C)(F)F. The lowest BCUT2D eigenvalue weighted by molar-refractivity contribution is -0.120. The van der Waals surface area contributed by atoms with Crippen molar-refractivity contribution in [2.45, 2.75) is 58.7 Å². The number of rotatable bonds is 9. The van der Waals surface area contributed by atoms with Gasteiger partial charge in [-0.15, -0.1) is 0 Å². The summed E-state index contributed by atoms with van der Waals surface area (Å²) in [6, 6.07) is 3.04. The lowest BCUT2D eigenvalue weighted by Crippen LogP contribution is -2.32. The maximum atomic E-state index is 13.1. The molecule has 0 fully saturated rings. The van der Waals surface area contributed by atoms with Crippen LogP contribution in [0.4, 0.5) is 8.78 Å². The highest BCUT2D eigenvalue weighted by Crippen LogP contribution is 2.33. The fourth-order valence-corrected chi connectivity index (χ4v) is 3.59. The lowest BCUT2D eigenvalue weighted by atomic mass is 10.1. The Hall–Kier alpha value is -3.14. The zero-order chi connectivity index (χ0) is 24.3. The average Bonchev–Trinajstić information content (AvgIpc) is 3.08. The van der Waals surface area contributed by atoms with E-state index in [9.17, 15) is 23.5 Å². The first-order chi connectivity index (χ1) is 15.5. The highest BCUT2D eigenvalue weighted by atomic mass is 19.3. The summed E-state index contributed by atoms with van der Waals surface area (Å²) < 4.78 is 31.3. The molecule has 2 aromatic rings. The molecule has 2 amide bonds. The first-order valence-electron chi connectivity index (χ1n) is 10.7. The number of carbonyl (C=O) groups is 2. The zero-order valence-electron chi connectivity index (χ0n) is 19.1. The standard InChI is InChI=1S/C23H28F2N4O4/c1-13-7-16(10-28-21(13)33-12-23(4,24)25)15(3)29-11-18-17(22(29)32)5-6-26-19(18)8-20(31)27-9-14(2)30/h5-7,10,14-15,30H,8-9,11-12H2,1-4H3,(H,27,31)/t14-,15?/m1/s1. The molecule has 0 saturated carbocycles. The molecule has 1 unspecified atom stereocenters. The van der Waals surface area contributed by atoms with Crippen LogP contribution in [0.1, 0.15) is 59.6 Å². The van der Waals surface area contributed by atoms with E-state index < -0.39 is 18.6 Å². The number of aliphatic hydroxyl groups excluding tert-OH is 1. The van der Waals surface area contributed by atoms with E-state index >= 15 is 0 Å². The Morgan fingerprint density at radius 1 is 1.36 bits per heavy atom. The summed E-state index contributed by atoms with van der Waals surface area (Å²) in [5.41, 5.74) is 3.01. The fourth-order valence-electron chi connectivity index (χ4n) is 3.59. The van der Waals surface area contributed by atoms with Crippen LogP contribution in [0.2, 0.25) is 0 Å². The molecule has 3 heterocycles. The minimum absolute atomic E-state index is 0.000155. The van der Waals surface area contributed by atoms with Gasteiger partial charge in [-0.25, -0.2) is 13.8 Å². The molecule has 1 aliphatic rings. The summed E-state index contributed by atoms with van der Waals surface area (Å²) in [7, 11) is 0. The smallest absolute Gasteiger partial charge is 0.278 e. The molecule has 8 nitrogen and oxygen atoms in total. The number of ether oxygens (including phenoxy) is 1. The second-order valence-corrected chi connectivity index (χ2v) is 8.47. The Morgan fingerprint density at radius 3 is 2.73 bits per heavy atom. The van der Waals surface area contributed by atoms with Crippen LogP contribution in [-0.4, -0.2) is 57.0 Å². The molecule has 2 atom stereocenters. The average molecular weight is 462 g/mol. The molecule has 0 aliphatic carbocycles. The topological polar surface area (TPSA) is 105 Å². The summed E-state index contributed by atoms with van der Waals surface area (Å²) in [5, 5.41) is 12.0. The van der Waals surface area contributed by atoms with Crippen molar-refractivity contribution < 1.29 is 28.2 Å². The number of pyridine rings is 2. The molecule has 0 aromatic carbocycles. The van der Waals surface area contributed by atoms with Crippen molar-refractivity contribution in [1.29, 1.82) is 0 Å². The predicted octanol–water partition coefficient (Wildman–Crippen LogP) is 2.58. The normalized spacial score (nSPS) is 15.2. The third kappa shape index (κ3) is 6.01. The summed E-state index contributed by atoms with van der Waals surface area (Å²) in [6.07, 6.45) is 2.36. The monoisotopic (exact) mass is 462 g/mol. The van der Waals surface area contributed by atoms with Gasteiger partial charge in [0.05, 0.1) is 24.3 Å². The van der Waals surface area contributed by atoms with E-state index in [0.29, 0.717) is 22.4 Å². The summed E-state index contributed by atoms with van der Waals surface area (Å²) in [6.45, 7) is 5.56. The Kier molecular flexibility index (Phi) is 7.26. The van der Waals surface area contributed by atoms with E-state index in [2.05, 4.69) is 15.3 Å². The van der Waals surface area contributed by atoms with Crippen LogP contribution in [0.15, 0.2) is 24.5 Å². The van der Waals surface area contributed by atoms with Crippen LogP contribution in [0.5, 0.6) is 5.88 Å². The molecule has 3 rings (SSSR count). The minimum atomic E-state index is -2.97. The van der Waals surface area contributed by atoms with Crippen LogP contribution in [-0.2, 0) is 17.8 Å².